The summed E-state index contributed by atoms with van der Waals surface area (Å²) in [6.07, 6.45) is 1.59. The first-order chi connectivity index (χ1) is 4.70. The van der Waals surface area contributed by atoms with Gasteiger partial charge in [-0.3, -0.25) is 0 Å². The van der Waals surface area contributed by atoms with E-state index in [2.05, 4.69) is 11.3 Å². The maximum atomic E-state index is 9.44. The maximum absolute atomic E-state index is 9.44. The van der Waals surface area contributed by atoms with Crippen molar-refractivity contribution in [3.63, 3.8) is 0 Å². The van der Waals surface area contributed by atoms with Crippen LogP contribution in [0.25, 0.3) is 0 Å². The summed E-state index contributed by atoms with van der Waals surface area (Å²) in [6, 6.07) is 0. The van der Waals surface area contributed by atoms with Crippen molar-refractivity contribution in [1.29, 1.82) is 0 Å². The molecule has 4 heteroatoms. The van der Waals surface area contributed by atoms with Gasteiger partial charge in [0, 0.05) is 6.08 Å². The largest absolute Gasteiger partial charge is 0.478 e. The molecule has 1 heterocycles. The summed E-state index contributed by atoms with van der Waals surface area (Å²) in [5.74, 6) is -0.981. The Balaban J connectivity index is 0.000000162. The van der Waals surface area contributed by atoms with Crippen LogP contribution < -0.4 is 0 Å². The minimum atomic E-state index is -0.981. The zero-order valence-corrected chi connectivity index (χ0v) is 5.32. The van der Waals surface area contributed by atoms with Gasteiger partial charge >= 0.3 is 5.97 Å². The maximum Gasteiger partial charge on any atom is 0.327 e. The van der Waals surface area contributed by atoms with Crippen LogP contribution in [0.3, 0.4) is 0 Å². The molecule has 1 aliphatic heterocycles. The number of aliphatic carboxylic acids is 1. The van der Waals surface area contributed by atoms with Gasteiger partial charge in [0.25, 0.3) is 0 Å². The third-order valence-corrected chi connectivity index (χ3v) is 0.686. The van der Waals surface area contributed by atoms with E-state index in [4.69, 9.17) is 5.11 Å². The number of carboxylic acid groups (broad SMARTS) is 1. The highest BCUT2D eigenvalue weighted by atomic mass is 16.6. The number of ether oxygens (including phenoxy) is 1. The first-order valence-electron chi connectivity index (χ1n) is 2.63. The minimum Gasteiger partial charge on any atom is -0.478 e. The molecule has 10 heavy (non-hydrogen) atoms. The molecule has 0 radical (unpaired) electrons. The van der Waals surface area contributed by atoms with Gasteiger partial charge in [-0.2, -0.15) is 0 Å². The summed E-state index contributed by atoms with van der Waals surface area (Å²) in [4.78, 5) is 18.7. The van der Waals surface area contributed by atoms with Crippen molar-refractivity contribution >= 4 is 12.3 Å². The van der Waals surface area contributed by atoms with Crippen LogP contribution in [0.15, 0.2) is 12.7 Å². The molecule has 1 rings (SSSR count). The second kappa shape index (κ2) is 4.69. The quantitative estimate of drug-likeness (QED) is 0.332. The Morgan fingerprint density at radius 2 is 2.20 bits per heavy atom. The Bertz CT molecular complexity index is 137. The van der Waals surface area contributed by atoms with E-state index in [9.17, 15) is 9.59 Å². The fraction of sp³-hybridized carbons (Fsp3) is 0.333. The van der Waals surface area contributed by atoms with Gasteiger partial charge in [-0.1, -0.05) is 6.58 Å². The average molecular weight is 144 g/mol. The molecule has 1 aliphatic rings. The van der Waals surface area contributed by atoms with E-state index < -0.39 is 5.97 Å². The van der Waals surface area contributed by atoms with E-state index in [0.717, 1.165) is 12.4 Å². The average Bonchev–Trinajstić information content (AvgIpc) is 2.70. The lowest BCUT2D eigenvalue weighted by atomic mass is 10.6. The lowest BCUT2D eigenvalue weighted by Crippen LogP contribution is -1.82. The van der Waals surface area contributed by atoms with Gasteiger partial charge in [0.2, 0.25) is 0 Å². The number of carbonyl (C=O) groups excluding carboxylic acids is 1. The Hall–Kier alpha value is -1.16. The molecule has 1 fully saturated rings. The van der Waals surface area contributed by atoms with E-state index in [1.165, 1.54) is 0 Å². The molecule has 0 aliphatic carbocycles. The van der Waals surface area contributed by atoms with Gasteiger partial charge in [-0.15, -0.1) is 0 Å². The van der Waals surface area contributed by atoms with Crippen molar-refractivity contribution in [3.8, 4) is 0 Å². The van der Waals surface area contributed by atoms with Gasteiger partial charge in [0.1, 0.15) is 6.10 Å². The van der Waals surface area contributed by atoms with Crippen molar-refractivity contribution in [2.45, 2.75) is 6.10 Å². The minimum absolute atomic E-state index is 0.0463. The predicted molar refractivity (Wildman–Crippen MR) is 33.6 cm³/mol. The van der Waals surface area contributed by atoms with Gasteiger partial charge in [0.15, 0.2) is 6.29 Å². The van der Waals surface area contributed by atoms with Crippen LogP contribution in [0.1, 0.15) is 0 Å². The summed E-state index contributed by atoms with van der Waals surface area (Å²) >= 11 is 0. The highest BCUT2D eigenvalue weighted by Crippen LogP contribution is 2.02. The molecule has 1 N–H and O–H groups in total. The number of aldehydes is 1. The van der Waals surface area contributed by atoms with E-state index >= 15 is 0 Å². The van der Waals surface area contributed by atoms with Crippen LogP contribution in [-0.4, -0.2) is 30.1 Å². The summed E-state index contributed by atoms with van der Waals surface area (Å²) in [6.45, 7) is 3.60. The predicted octanol–water partition coefficient (Wildman–Crippen LogP) is -0.159. The van der Waals surface area contributed by atoms with Crippen LogP contribution in [0.2, 0.25) is 0 Å². The summed E-state index contributed by atoms with van der Waals surface area (Å²) in [7, 11) is 0. The molecular formula is C6H8O4. The van der Waals surface area contributed by atoms with Crippen molar-refractivity contribution in [2.75, 3.05) is 6.61 Å². The molecule has 0 saturated carbocycles. The third-order valence-electron chi connectivity index (χ3n) is 0.686. The van der Waals surface area contributed by atoms with Gasteiger partial charge in [0.05, 0.1) is 6.61 Å². The summed E-state index contributed by atoms with van der Waals surface area (Å²) in [5.41, 5.74) is 0. The van der Waals surface area contributed by atoms with Gasteiger partial charge in [-0.05, 0) is 0 Å². The molecule has 1 unspecified atom stereocenters. The lowest BCUT2D eigenvalue weighted by molar-refractivity contribution is -0.131. The molecule has 0 aromatic rings. The molecular weight excluding hydrogens is 136 g/mol. The number of epoxide rings is 1. The fourth-order valence-electron chi connectivity index (χ4n) is 0.134. The lowest BCUT2D eigenvalue weighted by Gasteiger charge is -1.64. The van der Waals surface area contributed by atoms with Crippen LogP contribution in [-0.2, 0) is 14.3 Å². The number of rotatable bonds is 2. The van der Waals surface area contributed by atoms with E-state index in [0.29, 0.717) is 6.61 Å². The molecule has 0 aromatic carbocycles. The summed E-state index contributed by atoms with van der Waals surface area (Å²) < 4.78 is 4.49. The molecule has 0 aromatic heterocycles. The highest BCUT2D eigenvalue weighted by Gasteiger charge is 2.19. The second-order valence-corrected chi connectivity index (χ2v) is 1.55. The number of hydrogen-bond donors (Lipinski definition) is 1. The molecule has 56 valence electrons. The second-order valence-electron chi connectivity index (χ2n) is 1.55. The van der Waals surface area contributed by atoms with Crippen molar-refractivity contribution in [1.82, 2.24) is 0 Å². The van der Waals surface area contributed by atoms with E-state index in [-0.39, 0.29) is 6.10 Å². The molecule has 0 bridgehead atoms. The topological polar surface area (TPSA) is 66.9 Å². The Labute approximate surface area is 58.1 Å². The van der Waals surface area contributed by atoms with Crippen molar-refractivity contribution in [2.24, 2.45) is 0 Å². The molecule has 1 saturated heterocycles. The fourth-order valence-corrected chi connectivity index (χ4v) is 0.134. The highest BCUT2D eigenvalue weighted by molar-refractivity contribution is 5.78. The first-order valence-corrected chi connectivity index (χ1v) is 2.63. The van der Waals surface area contributed by atoms with Gasteiger partial charge < -0.3 is 14.6 Å². The molecule has 0 amide bonds. The zero-order valence-electron chi connectivity index (χ0n) is 5.32. The smallest absolute Gasteiger partial charge is 0.327 e. The van der Waals surface area contributed by atoms with Crippen LogP contribution in [0, 0.1) is 0 Å². The SMILES string of the molecule is C=CC(=O)O.O=CC1CO1. The zero-order chi connectivity index (χ0) is 7.98. The Morgan fingerprint density at radius 1 is 1.80 bits per heavy atom. The van der Waals surface area contributed by atoms with Crippen LogP contribution in [0.4, 0.5) is 0 Å². The third kappa shape index (κ3) is 6.84. The standard InChI is InChI=1S/2C3H4O2/c4-1-3-2-5-3;1-2-3(4)5/h1,3H,2H2;2H,1H2,(H,4,5). The molecule has 0 spiro atoms. The van der Waals surface area contributed by atoms with Crippen molar-refractivity contribution < 1.29 is 19.4 Å². The van der Waals surface area contributed by atoms with Crippen LogP contribution in [0.5, 0.6) is 0 Å². The first kappa shape index (κ1) is 8.84. The monoisotopic (exact) mass is 144 g/mol. The number of carboxylic acids is 1. The summed E-state index contributed by atoms with van der Waals surface area (Å²) in [5, 5.41) is 7.60. The molecule has 4 nitrogen and oxygen atoms in total. The molecule has 1 atom stereocenters. The van der Waals surface area contributed by atoms with E-state index in [1.54, 1.807) is 0 Å². The number of carbonyl (C=O) groups is 2. The van der Waals surface area contributed by atoms with Crippen molar-refractivity contribution in [3.05, 3.63) is 12.7 Å². The van der Waals surface area contributed by atoms with E-state index in [1.807, 2.05) is 0 Å². The van der Waals surface area contributed by atoms with Crippen LogP contribution >= 0.6 is 0 Å². The Kier molecular flexibility index (Phi) is 4.15. The van der Waals surface area contributed by atoms with Gasteiger partial charge in [-0.25, -0.2) is 4.79 Å². The number of hydrogen-bond acceptors (Lipinski definition) is 3. The Morgan fingerprint density at radius 3 is 2.20 bits per heavy atom. The normalized spacial score (nSPS) is 19.8.